The van der Waals surface area contributed by atoms with E-state index in [-0.39, 0.29) is 0 Å². The second-order valence-electron chi connectivity index (χ2n) is 4.94. The second kappa shape index (κ2) is 14.9. The van der Waals surface area contributed by atoms with Crippen LogP contribution in [-0.4, -0.2) is 22.6 Å². The van der Waals surface area contributed by atoms with E-state index in [9.17, 15) is 4.79 Å². The van der Waals surface area contributed by atoms with Gasteiger partial charge in [-0.15, -0.1) is 0 Å². The van der Waals surface area contributed by atoms with Gasteiger partial charge >= 0.3 is 5.97 Å². The van der Waals surface area contributed by atoms with E-state index in [1.165, 1.54) is 62.9 Å². The van der Waals surface area contributed by atoms with E-state index in [0.717, 1.165) is 12.8 Å². The molecule has 0 aromatic carbocycles. The fourth-order valence-corrected chi connectivity index (χ4v) is 2.94. The molecule has 0 atom stereocenters. The van der Waals surface area contributed by atoms with Gasteiger partial charge in [0.25, 0.3) is 0 Å². The van der Waals surface area contributed by atoms with E-state index in [2.05, 4.69) is 6.92 Å². The summed E-state index contributed by atoms with van der Waals surface area (Å²) < 4.78 is 0. The van der Waals surface area contributed by atoms with Crippen LogP contribution in [0.2, 0.25) is 0 Å². The molecule has 0 rings (SSSR count). The number of carboxylic acid groups (broad SMARTS) is 1. The number of unbranched alkanes of at least 4 members (excludes halogenated alkanes) is 8. The molecule has 0 aromatic rings. The van der Waals surface area contributed by atoms with Crippen LogP contribution < -0.4 is 0 Å². The van der Waals surface area contributed by atoms with E-state index < -0.39 is 5.97 Å². The zero-order valence-electron chi connectivity index (χ0n) is 12.0. The standard InChI is InChI=1S/C15H30O2S/c1-2-3-4-5-6-7-10-13-18-14-11-8-9-12-15(16)17/h2-14H2,1H3,(H,16,17). The topological polar surface area (TPSA) is 37.3 Å². The fourth-order valence-electron chi connectivity index (χ4n) is 1.92. The first-order chi connectivity index (χ1) is 8.77. The Morgan fingerprint density at radius 1 is 0.833 bits per heavy atom. The summed E-state index contributed by atoms with van der Waals surface area (Å²) in [5, 5.41) is 8.49. The van der Waals surface area contributed by atoms with Gasteiger partial charge in [0.15, 0.2) is 0 Å². The maximum Gasteiger partial charge on any atom is 0.303 e. The lowest BCUT2D eigenvalue weighted by Crippen LogP contribution is -1.94. The summed E-state index contributed by atoms with van der Waals surface area (Å²) >= 11 is 2.03. The smallest absolute Gasteiger partial charge is 0.303 e. The van der Waals surface area contributed by atoms with Crippen molar-refractivity contribution in [3.8, 4) is 0 Å². The van der Waals surface area contributed by atoms with Crippen LogP contribution in [0.15, 0.2) is 0 Å². The highest BCUT2D eigenvalue weighted by atomic mass is 32.2. The lowest BCUT2D eigenvalue weighted by Gasteiger charge is -2.02. The molecular formula is C15H30O2S. The molecule has 0 aliphatic rings. The van der Waals surface area contributed by atoms with E-state index in [4.69, 9.17) is 5.11 Å². The number of carboxylic acids is 1. The van der Waals surface area contributed by atoms with Crippen molar-refractivity contribution in [2.45, 2.75) is 77.6 Å². The molecule has 0 aliphatic carbocycles. The van der Waals surface area contributed by atoms with Crippen molar-refractivity contribution >= 4 is 17.7 Å². The van der Waals surface area contributed by atoms with Gasteiger partial charge in [-0.1, -0.05) is 51.9 Å². The molecule has 1 N–H and O–H groups in total. The predicted molar refractivity (Wildman–Crippen MR) is 81.4 cm³/mol. The van der Waals surface area contributed by atoms with Gasteiger partial charge in [0.1, 0.15) is 0 Å². The summed E-state index contributed by atoms with van der Waals surface area (Å²) in [6, 6.07) is 0. The minimum atomic E-state index is -0.661. The molecule has 0 radical (unpaired) electrons. The van der Waals surface area contributed by atoms with E-state index in [0.29, 0.717) is 6.42 Å². The van der Waals surface area contributed by atoms with E-state index in [1.807, 2.05) is 11.8 Å². The first-order valence-electron chi connectivity index (χ1n) is 7.57. The molecule has 2 nitrogen and oxygen atoms in total. The third kappa shape index (κ3) is 15.8. The molecule has 0 saturated carbocycles. The van der Waals surface area contributed by atoms with Gasteiger partial charge in [0, 0.05) is 6.42 Å². The molecule has 0 spiro atoms. The van der Waals surface area contributed by atoms with Gasteiger partial charge < -0.3 is 5.11 Å². The predicted octanol–water partition coefficient (Wildman–Crippen LogP) is 5.12. The van der Waals surface area contributed by atoms with Crippen molar-refractivity contribution in [2.75, 3.05) is 11.5 Å². The first kappa shape index (κ1) is 17.8. The number of hydrogen-bond donors (Lipinski definition) is 1. The van der Waals surface area contributed by atoms with Crippen LogP contribution in [0.1, 0.15) is 77.6 Å². The van der Waals surface area contributed by atoms with Gasteiger partial charge in [0.05, 0.1) is 0 Å². The zero-order valence-corrected chi connectivity index (χ0v) is 12.8. The number of rotatable bonds is 14. The molecule has 0 aromatic heterocycles. The molecule has 0 amide bonds. The summed E-state index contributed by atoms with van der Waals surface area (Å²) in [6.07, 6.45) is 13.1. The molecule has 0 aliphatic heterocycles. The summed E-state index contributed by atoms with van der Waals surface area (Å²) in [6.45, 7) is 2.26. The minimum Gasteiger partial charge on any atom is -0.481 e. The third-order valence-electron chi connectivity index (χ3n) is 3.07. The fraction of sp³-hybridized carbons (Fsp3) is 0.933. The molecule has 0 unspecified atom stereocenters. The maximum atomic E-state index is 10.3. The van der Waals surface area contributed by atoms with Crippen LogP contribution in [0, 0.1) is 0 Å². The maximum absolute atomic E-state index is 10.3. The van der Waals surface area contributed by atoms with Crippen LogP contribution in [0.5, 0.6) is 0 Å². The van der Waals surface area contributed by atoms with Crippen molar-refractivity contribution in [1.29, 1.82) is 0 Å². The Kier molecular flexibility index (Phi) is 14.7. The molecule has 18 heavy (non-hydrogen) atoms. The SMILES string of the molecule is CCCCCCCCCSCCCCCC(=O)O. The molecule has 0 saturated heterocycles. The highest BCUT2D eigenvalue weighted by Crippen LogP contribution is 2.12. The summed E-state index contributed by atoms with van der Waals surface area (Å²) in [4.78, 5) is 10.3. The normalized spacial score (nSPS) is 10.7. The average molecular weight is 274 g/mol. The summed E-state index contributed by atoms with van der Waals surface area (Å²) in [7, 11) is 0. The number of hydrogen-bond acceptors (Lipinski definition) is 2. The van der Waals surface area contributed by atoms with Gasteiger partial charge in [-0.3, -0.25) is 4.79 Å². The van der Waals surface area contributed by atoms with Crippen LogP contribution in [0.4, 0.5) is 0 Å². The quantitative estimate of drug-likeness (QED) is 0.447. The largest absolute Gasteiger partial charge is 0.481 e. The van der Waals surface area contributed by atoms with Gasteiger partial charge in [-0.25, -0.2) is 0 Å². The van der Waals surface area contributed by atoms with Gasteiger partial charge in [0.2, 0.25) is 0 Å². The average Bonchev–Trinajstić information content (AvgIpc) is 2.34. The van der Waals surface area contributed by atoms with E-state index >= 15 is 0 Å². The molecular weight excluding hydrogens is 244 g/mol. The first-order valence-corrected chi connectivity index (χ1v) is 8.72. The molecule has 0 bridgehead atoms. The number of carbonyl (C=O) groups is 1. The Bertz CT molecular complexity index is 183. The lowest BCUT2D eigenvalue weighted by atomic mass is 10.1. The highest BCUT2D eigenvalue weighted by Gasteiger charge is 1.96. The Morgan fingerprint density at radius 2 is 1.33 bits per heavy atom. The second-order valence-corrected chi connectivity index (χ2v) is 6.16. The molecule has 0 heterocycles. The van der Waals surface area contributed by atoms with Gasteiger partial charge in [-0.2, -0.15) is 11.8 Å². The minimum absolute atomic E-state index is 0.336. The number of thioether (sulfide) groups is 1. The van der Waals surface area contributed by atoms with Crippen molar-refractivity contribution in [1.82, 2.24) is 0 Å². The van der Waals surface area contributed by atoms with E-state index in [1.54, 1.807) is 0 Å². The van der Waals surface area contributed by atoms with Crippen molar-refractivity contribution in [2.24, 2.45) is 0 Å². The summed E-state index contributed by atoms with van der Waals surface area (Å²) in [5.74, 6) is 1.83. The van der Waals surface area contributed by atoms with Gasteiger partial charge in [-0.05, 0) is 30.8 Å². The third-order valence-corrected chi connectivity index (χ3v) is 4.23. The molecule has 0 fully saturated rings. The monoisotopic (exact) mass is 274 g/mol. The Hall–Kier alpha value is -0.180. The van der Waals surface area contributed by atoms with Crippen molar-refractivity contribution < 1.29 is 9.90 Å². The number of aliphatic carboxylic acids is 1. The van der Waals surface area contributed by atoms with Crippen molar-refractivity contribution in [3.63, 3.8) is 0 Å². The Balaban J connectivity index is 2.92. The van der Waals surface area contributed by atoms with Crippen LogP contribution >= 0.6 is 11.8 Å². The molecule has 3 heteroatoms. The van der Waals surface area contributed by atoms with Crippen LogP contribution in [0.25, 0.3) is 0 Å². The van der Waals surface area contributed by atoms with Crippen LogP contribution in [-0.2, 0) is 4.79 Å². The highest BCUT2D eigenvalue weighted by molar-refractivity contribution is 7.99. The van der Waals surface area contributed by atoms with Crippen molar-refractivity contribution in [3.05, 3.63) is 0 Å². The summed E-state index contributed by atoms with van der Waals surface area (Å²) in [5.41, 5.74) is 0. The Labute approximate surface area is 117 Å². The zero-order chi connectivity index (χ0) is 13.5. The lowest BCUT2D eigenvalue weighted by molar-refractivity contribution is -0.137. The molecule has 108 valence electrons. The Morgan fingerprint density at radius 3 is 1.89 bits per heavy atom. The van der Waals surface area contributed by atoms with Crippen LogP contribution in [0.3, 0.4) is 0 Å².